The van der Waals surface area contributed by atoms with Gasteiger partial charge in [-0.2, -0.15) is 0 Å². The van der Waals surface area contributed by atoms with Crippen LogP contribution in [0.25, 0.3) is 20.4 Å². The van der Waals surface area contributed by atoms with E-state index < -0.39 is 0 Å². The van der Waals surface area contributed by atoms with Gasteiger partial charge in [-0.15, -0.1) is 11.3 Å². The van der Waals surface area contributed by atoms with Crippen molar-refractivity contribution in [3.8, 4) is 5.75 Å². The highest BCUT2D eigenvalue weighted by molar-refractivity contribution is 7.99. The highest BCUT2D eigenvalue weighted by Crippen LogP contribution is 2.31. The zero-order valence-electron chi connectivity index (χ0n) is 17.4. The number of fused-ring (bicyclic) bond motifs is 3. The Morgan fingerprint density at radius 1 is 1.34 bits per heavy atom. The molecule has 0 bridgehead atoms. The Kier molecular flexibility index (Phi) is 5.95. The maximum atomic E-state index is 13.4. The van der Waals surface area contributed by atoms with E-state index in [1.165, 1.54) is 23.1 Å². The first-order chi connectivity index (χ1) is 15.6. The number of Topliss-reactive ketones (excluding diaryl/α,β-unsaturated/α-hetero) is 1. The van der Waals surface area contributed by atoms with Crippen molar-refractivity contribution in [2.45, 2.75) is 30.6 Å². The normalized spacial score (nSPS) is 16.1. The first-order valence-corrected chi connectivity index (χ1v) is 12.1. The number of ether oxygens (including phenoxy) is 2. The molecule has 164 valence electrons. The number of carbonyl (C=O) groups is 1. The minimum atomic E-state index is -0.107. The molecule has 1 aliphatic heterocycles. The molecule has 7 nitrogen and oxygen atoms in total. The molecule has 0 aliphatic carbocycles. The molecule has 9 heteroatoms. The van der Waals surface area contributed by atoms with Crippen LogP contribution in [0.4, 0.5) is 0 Å². The van der Waals surface area contributed by atoms with Gasteiger partial charge in [0.1, 0.15) is 15.3 Å². The van der Waals surface area contributed by atoms with Crippen molar-refractivity contribution in [2.24, 2.45) is 0 Å². The molecule has 0 saturated carbocycles. The summed E-state index contributed by atoms with van der Waals surface area (Å²) in [4.78, 5) is 36.3. The smallest absolute Gasteiger partial charge is 0.272 e. The van der Waals surface area contributed by atoms with Crippen LogP contribution in [0.2, 0.25) is 0 Å². The highest BCUT2D eigenvalue weighted by atomic mass is 32.2. The molecule has 1 atom stereocenters. The van der Waals surface area contributed by atoms with Crippen molar-refractivity contribution in [3.63, 3.8) is 0 Å². The van der Waals surface area contributed by atoms with Gasteiger partial charge in [0.05, 0.1) is 31.0 Å². The summed E-state index contributed by atoms with van der Waals surface area (Å²) in [5, 5.41) is 1.38. The molecule has 0 N–H and O–H groups in total. The van der Waals surface area contributed by atoms with Crippen LogP contribution in [-0.2, 0) is 11.3 Å². The maximum Gasteiger partial charge on any atom is 0.272 e. The largest absolute Gasteiger partial charge is 0.497 e. The third-order valence-electron chi connectivity index (χ3n) is 5.45. The van der Waals surface area contributed by atoms with Crippen LogP contribution < -0.4 is 10.3 Å². The summed E-state index contributed by atoms with van der Waals surface area (Å²) in [5.41, 5.74) is 1.10. The highest BCUT2D eigenvalue weighted by Gasteiger charge is 2.22. The van der Waals surface area contributed by atoms with Crippen molar-refractivity contribution in [1.29, 1.82) is 0 Å². The Hall–Kier alpha value is -2.75. The number of aromatic nitrogens is 3. The van der Waals surface area contributed by atoms with E-state index >= 15 is 0 Å². The van der Waals surface area contributed by atoms with E-state index in [0.29, 0.717) is 39.8 Å². The predicted molar refractivity (Wildman–Crippen MR) is 126 cm³/mol. The molecule has 5 rings (SSSR count). The van der Waals surface area contributed by atoms with Gasteiger partial charge < -0.3 is 9.47 Å². The van der Waals surface area contributed by atoms with Crippen molar-refractivity contribution in [2.75, 3.05) is 19.5 Å². The topological polar surface area (TPSA) is 83.3 Å². The third kappa shape index (κ3) is 4.03. The average Bonchev–Trinajstić information content (AvgIpc) is 3.47. The fourth-order valence-corrected chi connectivity index (χ4v) is 5.74. The number of benzene rings is 1. The number of hydrogen-bond donors (Lipinski definition) is 0. The summed E-state index contributed by atoms with van der Waals surface area (Å²) < 4.78 is 13.2. The van der Waals surface area contributed by atoms with E-state index in [0.717, 1.165) is 23.1 Å². The first-order valence-electron chi connectivity index (χ1n) is 10.3. The SMILES string of the molecule is COc1cccc(C(=O)CSc2nc3c(sc4ncccc43)c(=O)n2C[C@H]2CCCO2)c1. The van der Waals surface area contributed by atoms with E-state index in [4.69, 9.17) is 14.5 Å². The van der Waals surface area contributed by atoms with Crippen molar-refractivity contribution >= 4 is 49.3 Å². The molecule has 32 heavy (non-hydrogen) atoms. The molecule has 4 aromatic rings. The van der Waals surface area contributed by atoms with Gasteiger partial charge in [-0.1, -0.05) is 23.9 Å². The Balaban J connectivity index is 1.52. The van der Waals surface area contributed by atoms with Gasteiger partial charge in [-0.3, -0.25) is 14.2 Å². The van der Waals surface area contributed by atoms with Crippen LogP contribution in [0, 0.1) is 0 Å². The van der Waals surface area contributed by atoms with Crippen LogP contribution in [0.5, 0.6) is 5.75 Å². The van der Waals surface area contributed by atoms with E-state index in [-0.39, 0.29) is 23.2 Å². The fourth-order valence-electron chi connectivity index (χ4n) is 3.81. The second-order valence-corrected chi connectivity index (χ2v) is 9.47. The molecule has 0 spiro atoms. The van der Waals surface area contributed by atoms with Crippen LogP contribution in [0.1, 0.15) is 23.2 Å². The van der Waals surface area contributed by atoms with Crippen LogP contribution in [-0.4, -0.2) is 45.9 Å². The number of thiophene rings is 1. The minimum Gasteiger partial charge on any atom is -0.497 e. The number of nitrogens with zero attached hydrogens (tertiary/aromatic N) is 3. The van der Waals surface area contributed by atoms with E-state index in [1.807, 2.05) is 12.1 Å². The predicted octanol–water partition coefficient (Wildman–Crippen LogP) is 4.17. The van der Waals surface area contributed by atoms with Gasteiger partial charge >= 0.3 is 0 Å². The van der Waals surface area contributed by atoms with Crippen molar-refractivity contribution in [3.05, 3.63) is 58.5 Å². The van der Waals surface area contributed by atoms with Crippen molar-refractivity contribution in [1.82, 2.24) is 14.5 Å². The molecule has 0 unspecified atom stereocenters. The molecule has 4 heterocycles. The fraction of sp³-hybridized carbons (Fsp3) is 0.304. The van der Waals surface area contributed by atoms with Gasteiger partial charge in [0.15, 0.2) is 10.9 Å². The van der Waals surface area contributed by atoms with Gasteiger partial charge in [-0.25, -0.2) is 9.97 Å². The Labute approximate surface area is 192 Å². The molecule has 1 fully saturated rings. The van der Waals surface area contributed by atoms with Crippen molar-refractivity contribution < 1.29 is 14.3 Å². The second-order valence-electron chi connectivity index (χ2n) is 7.52. The average molecular weight is 468 g/mol. The number of ketones is 1. The van der Waals surface area contributed by atoms with Gasteiger partial charge in [0, 0.05) is 23.8 Å². The molecule has 3 aromatic heterocycles. The quantitative estimate of drug-likeness (QED) is 0.229. The second kappa shape index (κ2) is 9.01. The lowest BCUT2D eigenvalue weighted by Gasteiger charge is -2.15. The van der Waals surface area contributed by atoms with Crippen LogP contribution in [0.15, 0.2) is 52.5 Å². The minimum absolute atomic E-state index is 0.0205. The maximum absolute atomic E-state index is 13.4. The molecule has 1 saturated heterocycles. The molecule has 0 amide bonds. The Bertz CT molecular complexity index is 1360. The number of thioether (sulfide) groups is 1. The molecule has 1 aliphatic rings. The van der Waals surface area contributed by atoms with Crippen LogP contribution >= 0.6 is 23.1 Å². The number of hydrogen-bond acceptors (Lipinski definition) is 8. The van der Waals surface area contributed by atoms with Gasteiger partial charge in [0.2, 0.25) is 0 Å². The molecular formula is C23H21N3O4S2. The summed E-state index contributed by atoms with van der Waals surface area (Å²) in [5.74, 6) is 0.744. The van der Waals surface area contributed by atoms with E-state index in [1.54, 1.807) is 42.1 Å². The van der Waals surface area contributed by atoms with E-state index in [2.05, 4.69) is 4.98 Å². The zero-order valence-corrected chi connectivity index (χ0v) is 19.1. The molecular weight excluding hydrogens is 446 g/mol. The Morgan fingerprint density at radius 2 is 2.25 bits per heavy atom. The molecule has 1 aromatic carbocycles. The van der Waals surface area contributed by atoms with E-state index in [9.17, 15) is 9.59 Å². The summed E-state index contributed by atoms with van der Waals surface area (Å²) >= 11 is 2.63. The number of methoxy groups -OCH3 is 1. The monoisotopic (exact) mass is 467 g/mol. The van der Waals surface area contributed by atoms with Gasteiger partial charge in [0.25, 0.3) is 5.56 Å². The standard InChI is InChI=1S/C23H21N3O4S2/c1-29-15-6-2-5-14(11-15)18(27)13-31-23-25-19-17-8-3-9-24-21(17)32-20(19)22(28)26(23)12-16-7-4-10-30-16/h2-3,5-6,8-9,11,16H,4,7,10,12-13H2,1H3/t16-/m1/s1. The lowest BCUT2D eigenvalue weighted by atomic mass is 10.1. The Morgan fingerprint density at radius 3 is 3.06 bits per heavy atom. The molecule has 0 radical (unpaired) electrons. The summed E-state index contributed by atoms with van der Waals surface area (Å²) in [6.45, 7) is 1.14. The summed E-state index contributed by atoms with van der Waals surface area (Å²) in [6.07, 6.45) is 3.59. The third-order valence-corrected chi connectivity index (χ3v) is 7.52. The first kappa shape index (κ1) is 21.1. The summed E-state index contributed by atoms with van der Waals surface area (Å²) in [7, 11) is 1.57. The number of carbonyl (C=O) groups excluding carboxylic acids is 1. The van der Waals surface area contributed by atoms with Crippen LogP contribution in [0.3, 0.4) is 0 Å². The van der Waals surface area contributed by atoms with Gasteiger partial charge in [-0.05, 0) is 37.1 Å². The number of rotatable bonds is 7. The summed E-state index contributed by atoms with van der Waals surface area (Å²) in [6, 6.07) is 10.8. The lowest BCUT2D eigenvalue weighted by Crippen LogP contribution is -2.28. The number of pyridine rings is 1. The zero-order chi connectivity index (χ0) is 22.1. The lowest BCUT2D eigenvalue weighted by molar-refractivity contribution is 0.0938.